The molecule has 2 N–H and O–H groups in total. The molecule has 3 rings (SSSR count). The third kappa shape index (κ3) is 5.55. The number of rotatable bonds is 7. The quantitative estimate of drug-likeness (QED) is 0.657. The number of nitrogens with one attached hydrogen (secondary N) is 2. The highest BCUT2D eigenvalue weighted by Gasteiger charge is 2.28. The first-order valence-corrected chi connectivity index (χ1v) is 12.5. The fourth-order valence-corrected chi connectivity index (χ4v) is 5.50. The summed E-state index contributed by atoms with van der Waals surface area (Å²) in [5.41, 5.74) is 2.51. The number of hydrogen-bond donors (Lipinski definition) is 2. The predicted molar refractivity (Wildman–Crippen MR) is 125 cm³/mol. The molecule has 1 unspecified atom stereocenters. The van der Waals surface area contributed by atoms with Crippen LogP contribution in [0.3, 0.4) is 0 Å². The van der Waals surface area contributed by atoms with Crippen LogP contribution in [0.2, 0.25) is 0 Å². The van der Waals surface area contributed by atoms with Crippen LogP contribution in [0.15, 0.2) is 47.4 Å². The fraction of sp³-hybridized carbons (Fsp3) is 0.417. The molecule has 1 aliphatic rings. The van der Waals surface area contributed by atoms with Gasteiger partial charge >= 0.3 is 0 Å². The summed E-state index contributed by atoms with van der Waals surface area (Å²) in [7, 11) is -3.63. The van der Waals surface area contributed by atoms with Gasteiger partial charge in [-0.15, -0.1) is 0 Å². The standard InChI is InChI=1S/C24H31N3O4S/c1-4-23(28)26-21-12-10-19(11-13-21)18(3)25-24(29)20-9-8-17(2)22(16-20)32(30,31)27-14-6-5-7-15-27/h8-13,16,18H,4-7,14-15H2,1-3H3,(H,25,29)(H,26,28). The van der Waals surface area contributed by atoms with E-state index in [0.29, 0.717) is 36.3 Å². The summed E-state index contributed by atoms with van der Waals surface area (Å²) in [6.07, 6.45) is 3.16. The van der Waals surface area contributed by atoms with Gasteiger partial charge in [0.1, 0.15) is 0 Å². The van der Waals surface area contributed by atoms with Crippen molar-refractivity contribution in [2.45, 2.75) is 57.4 Å². The van der Waals surface area contributed by atoms with Crippen molar-refractivity contribution in [3.05, 3.63) is 59.2 Å². The predicted octanol–water partition coefficient (Wildman–Crippen LogP) is 4.01. The van der Waals surface area contributed by atoms with Crippen LogP contribution in [0, 0.1) is 6.92 Å². The highest BCUT2D eigenvalue weighted by atomic mass is 32.2. The Morgan fingerprint density at radius 3 is 2.31 bits per heavy atom. The maximum atomic E-state index is 13.1. The number of amides is 2. The van der Waals surface area contributed by atoms with Gasteiger partial charge in [-0.25, -0.2) is 8.42 Å². The zero-order valence-electron chi connectivity index (χ0n) is 18.8. The molecule has 1 heterocycles. The van der Waals surface area contributed by atoms with E-state index < -0.39 is 10.0 Å². The summed E-state index contributed by atoms with van der Waals surface area (Å²) >= 11 is 0. The van der Waals surface area contributed by atoms with Gasteiger partial charge in [-0.3, -0.25) is 9.59 Å². The molecule has 2 aromatic rings. The lowest BCUT2D eigenvalue weighted by Gasteiger charge is -2.26. The molecule has 0 bridgehead atoms. The van der Waals surface area contributed by atoms with Crippen molar-refractivity contribution in [1.29, 1.82) is 0 Å². The number of sulfonamides is 1. The minimum Gasteiger partial charge on any atom is -0.346 e. The molecule has 8 heteroatoms. The Morgan fingerprint density at radius 1 is 1.03 bits per heavy atom. The summed E-state index contributed by atoms with van der Waals surface area (Å²) in [5.74, 6) is -0.398. The highest BCUT2D eigenvalue weighted by molar-refractivity contribution is 7.89. The Kier molecular flexibility index (Phi) is 7.69. The first kappa shape index (κ1) is 23.9. The number of benzene rings is 2. The number of carbonyl (C=O) groups is 2. The molecule has 32 heavy (non-hydrogen) atoms. The smallest absolute Gasteiger partial charge is 0.251 e. The molecule has 1 aliphatic heterocycles. The molecule has 0 saturated carbocycles. The van der Waals surface area contributed by atoms with E-state index in [1.165, 1.54) is 10.4 Å². The fourth-order valence-electron chi connectivity index (χ4n) is 3.73. The average Bonchev–Trinajstić information content (AvgIpc) is 2.80. The largest absolute Gasteiger partial charge is 0.346 e. The van der Waals surface area contributed by atoms with E-state index in [0.717, 1.165) is 24.8 Å². The van der Waals surface area contributed by atoms with E-state index in [4.69, 9.17) is 0 Å². The second-order valence-corrected chi connectivity index (χ2v) is 10.1. The van der Waals surface area contributed by atoms with Crippen LogP contribution in [0.5, 0.6) is 0 Å². The molecule has 1 fully saturated rings. The van der Waals surface area contributed by atoms with Crippen LogP contribution in [-0.4, -0.2) is 37.6 Å². The van der Waals surface area contributed by atoms with E-state index >= 15 is 0 Å². The second-order valence-electron chi connectivity index (χ2n) is 8.16. The Morgan fingerprint density at radius 2 is 1.69 bits per heavy atom. The van der Waals surface area contributed by atoms with Gasteiger partial charge in [0.05, 0.1) is 10.9 Å². The normalized spacial score (nSPS) is 15.7. The van der Waals surface area contributed by atoms with Gasteiger partial charge in [-0.2, -0.15) is 4.31 Å². The summed E-state index contributed by atoms with van der Waals surface area (Å²) in [5, 5.41) is 5.72. The summed E-state index contributed by atoms with van der Waals surface area (Å²) in [6.45, 7) is 6.43. The van der Waals surface area contributed by atoms with Crippen LogP contribution >= 0.6 is 0 Å². The molecule has 7 nitrogen and oxygen atoms in total. The first-order chi connectivity index (χ1) is 15.2. The Labute approximate surface area is 190 Å². The number of aryl methyl sites for hydroxylation is 1. The molecule has 2 aromatic carbocycles. The van der Waals surface area contributed by atoms with Crippen LogP contribution in [0.1, 0.15) is 67.1 Å². The Balaban J connectivity index is 1.74. The zero-order chi connectivity index (χ0) is 23.3. The lowest BCUT2D eigenvalue weighted by atomic mass is 10.1. The van der Waals surface area contributed by atoms with E-state index in [1.54, 1.807) is 38.1 Å². The number of anilines is 1. The lowest BCUT2D eigenvalue weighted by molar-refractivity contribution is -0.115. The Bertz CT molecular complexity index is 1070. The van der Waals surface area contributed by atoms with Gasteiger partial charge in [0, 0.05) is 30.8 Å². The highest BCUT2D eigenvalue weighted by Crippen LogP contribution is 2.25. The van der Waals surface area contributed by atoms with Gasteiger partial charge in [-0.05, 0) is 62.1 Å². The van der Waals surface area contributed by atoms with Gasteiger partial charge in [0.15, 0.2) is 0 Å². The van der Waals surface area contributed by atoms with E-state index in [2.05, 4.69) is 10.6 Å². The molecule has 172 valence electrons. The second kappa shape index (κ2) is 10.3. The van der Waals surface area contributed by atoms with Crippen molar-refractivity contribution >= 4 is 27.5 Å². The molecule has 0 aliphatic carbocycles. The van der Waals surface area contributed by atoms with Gasteiger partial charge in [0.25, 0.3) is 5.91 Å². The maximum Gasteiger partial charge on any atom is 0.251 e. The van der Waals surface area contributed by atoms with E-state index in [9.17, 15) is 18.0 Å². The molecular weight excluding hydrogens is 426 g/mol. The summed E-state index contributed by atoms with van der Waals surface area (Å²) in [6, 6.07) is 11.8. The van der Waals surface area contributed by atoms with Crippen molar-refractivity contribution in [1.82, 2.24) is 9.62 Å². The van der Waals surface area contributed by atoms with E-state index in [1.807, 2.05) is 19.1 Å². The lowest BCUT2D eigenvalue weighted by Crippen LogP contribution is -2.36. The zero-order valence-corrected chi connectivity index (χ0v) is 19.7. The first-order valence-electron chi connectivity index (χ1n) is 11.0. The van der Waals surface area contributed by atoms with Crippen molar-refractivity contribution in [3.8, 4) is 0 Å². The number of piperidine rings is 1. The van der Waals surface area contributed by atoms with Crippen LogP contribution < -0.4 is 10.6 Å². The SMILES string of the molecule is CCC(=O)Nc1ccc(C(C)NC(=O)c2ccc(C)c(S(=O)(=O)N3CCCCC3)c2)cc1. The van der Waals surface area contributed by atoms with Crippen LogP contribution in [0.25, 0.3) is 0 Å². The molecule has 0 spiro atoms. The Hall–Kier alpha value is -2.71. The van der Waals surface area contributed by atoms with Crippen molar-refractivity contribution in [2.75, 3.05) is 18.4 Å². The number of carbonyl (C=O) groups excluding carboxylic acids is 2. The topological polar surface area (TPSA) is 95.6 Å². The third-order valence-electron chi connectivity index (χ3n) is 5.75. The molecule has 1 atom stereocenters. The monoisotopic (exact) mass is 457 g/mol. The van der Waals surface area contributed by atoms with Crippen LogP contribution in [0.4, 0.5) is 5.69 Å². The van der Waals surface area contributed by atoms with E-state index in [-0.39, 0.29) is 22.8 Å². The molecule has 0 aromatic heterocycles. The summed E-state index contributed by atoms with van der Waals surface area (Å²) < 4.78 is 27.8. The maximum absolute atomic E-state index is 13.1. The minimum absolute atomic E-state index is 0.0613. The van der Waals surface area contributed by atoms with Gasteiger partial charge < -0.3 is 10.6 Å². The molecular formula is C24H31N3O4S. The average molecular weight is 458 g/mol. The van der Waals surface area contributed by atoms with Crippen molar-refractivity contribution in [3.63, 3.8) is 0 Å². The molecule has 1 saturated heterocycles. The third-order valence-corrected chi connectivity index (χ3v) is 7.79. The number of nitrogens with zero attached hydrogens (tertiary/aromatic N) is 1. The molecule has 2 amide bonds. The summed E-state index contributed by atoms with van der Waals surface area (Å²) in [4.78, 5) is 24.6. The van der Waals surface area contributed by atoms with Crippen LogP contribution in [-0.2, 0) is 14.8 Å². The minimum atomic E-state index is -3.63. The van der Waals surface area contributed by atoms with Crippen molar-refractivity contribution < 1.29 is 18.0 Å². The van der Waals surface area contributed by atoms with Crippen molar-refractivity contribution in [2.24, 2.45) is 0 Å². The molecule has 0 radical (unpaired) electrons. The number of hydrogen-bond acceptors (Lipinski definition) is 4. The van der Waals surface area contributed by atoms with Gasteiger partial charge in [-0.1, -0.05) is 31.5 Å². The van der Waals surface area contributed by atoms with Gasteiger partial charge in [0.2, 0.25) is 15.9 Å².